The van der Waals surface area contributed by atoms with Crippen molar-refractivity contribution >= 4 is 27.3 Å². The van der Waals surface area contributed by atoms with Crippen molar-refractivity contribution in [3.63, 3.8) is 0 Å². The Hall–Kier alpha value is -0.650. The number of nitrogens with zero attached hydrogens (tertiary/aromatic N) is 2. The molecule has 0 radical (unpaired) electrons. The quantitative estimate of drug-likeness (QED) is 0.939. The molecule has 0 aliphatic rings. The molecule has 15 heavy (non-hydrogen) atoms. The lowest BCUT2D eigenvalue weighted by atomic mass is 10.1. The summed E-state index contributed by atoms with van der Waals surface area (Å²) in [4.78, 5) is 0. The van der Waals surface area contributed by atoms with E-state index in [0.29, 0.717) is 0 Å². The first kappa shape index (κ1) is 10.9. The number of thiophene rings is 1. The first-order valence-corrected chi connectivity index (χ1v) is 6.34. The lowest BCUT2D eigenvalue weighted by Gasteiger charge is -2.16. The average Bonchev–Trinajstić information content (AvgIpc) is 2.80. The molecule has 0 bridgehead atoms. The highest BCUT2D eigenvalue weighted by molar-refractivity contribution is 9.10. The summed E-state index contributed by atoms with van der Waals surface area (Å²) in [5, 5.41) is 11.7. The van der Waals surface area contributed by atoms with Gasteiger partial charge in [-0.3, -0.25) is 4.68 Å². The number of hydrogen-bond donors (Lipinski definition) is 1. The Morgan fingerprint density at radius 3 is 2.80 bits per heavy atom. The number of halogens is 1. The smallest absolute Gasteiger partial charge is 0.0764 e. The number of rotatable bonds is 3. The molecule has 1 N–H and O–H groups in total. The lowest BCUT2D eigenvalue weighted by Crippen LogP contribution is -2.20. The van der Waals surface area contributed by atoms with Crippen LogP contribution in [0.25, 0.3) is 0 Å². The molecule has 1 unspecified atom stereocenters. The van der Waals surface area contributed by atoms with Crippen LogP contribution in [-0.2, 0) is 7.05 Å². The second kappa shape index (κ2) is 4.47. The molecule has 2 aromatic rings. The Labute approximate surface area is 101 Å². The third-order valence-corrected chi connectivity index (χ3v) is 4.15. The first-order chi connectivity index (χ1) is 7.24. The van der Waals surface area contributed by atoms with Gasteiger partial charge in [-0.05, 0) is 40.0 Å². The molecule has 0 aromatic carbocycles. The highest BCUT2D eigenvalue weighted by atomic mass is 79.9. The fourth-order valence-electron chi connectivity index (χ4n) is 1.63. The molecule has 3 nitrogen and oxygen atoms in total. The van der Waals surface area contributed by atoms with Crippen molar-refractivity contribution in [1.29, 1.82) is 0 Å². The van der Waals surface area contributed by atoms with Crippen LogP contribution in [0.1, 0.15) is 17.3 Å². The van der Waals surface area contributed by atoms with E-state index in [0.717, 1.165) is 10.2 Å². The van der Waals surface area contributed by atoms with Gasteiger partial charge < -0.3 is 5.32 Å². The summed E-state index contributed by atoms with van der Waals surface area (Å²) in [6.07, 6.45) is 1.82. The summed E-state index contributed by atoms with van der Waals surface area (Å²) in [6.45, 7) is 0. The standard InChI is InChI=1S/C10H12BrN3S/c1-12-10(7-5-15-6-8(7)11)9-3-4-13-14(9)2/h3-6,10,12H,1-2H3. The fourth-order valence-corrected chi connectivity index (χ4v) is 3.18. The monoisotopic (exact) mass is 285 g/mol. The van der Waals surface area contributed by atoms with E-state index in [4.69, 9.17) is 0 Å². The summed E-state index contributed by atoms with van der Waals surface area (Å²) in [5.74, 6) is 0. The van der Waals surface area contributed by atoms with Crippen molar-refractivity contribution in [2.75, 3.05) is 7.05 Å². The molecule has 0 amide bonds. The van der Waals surface area contributed by atoms with Crippen molar-refractivity contribution in [3.8, 4) is 0 Å². The van der Waals surface area contributed by atoms with Gasteiger partial charge in [-0.1, -0.05) is 0 Å². The molecule has 0 saturated carbocycles. The minimum Gasteiger partial charge on any atom is -0.308 e. The fraction of sp³-hybridized carbons (Fsp3) is 0.300. The van der Waals surface area contributed by atoms with Crippen LogP contribution < -0.4 is 5.32 Å². The summed E-state index contributed by atoms with van der Waals surface area (Å²) < 4.78 is 3.04. The van der Waals surface area contributed by atoms with E-state index in [1.54, 1.807) is 11.3 Å². The molecular weight excluding hydrogens is 274 g/mol. The average molecular weight is 286 g/mol. The Bertz CT molecular complexity index is 409. The van der Waals surface area contributed by atoms with Gasteiger partial charge in [0, 0.05) is 23.1 Å². The van der Waals surface area contributed by atoms with Crippen LogP contribution in [0, 0.1) is 0 Å². The summed E-state index contributed by atoms with van der Waals surface area (Å²) in [7, 11) is 3.92. The van der Waals surface area contributed by atoms with Gasteiger partial charge in [0.25, 0.3) is 0 Å². The maximum Gasteiger partial charge on any atom is 0.0764 e. The molecule has 0 spiro atoms. The predicted molar refractivity (Wildman–Crippen MR) is 66.1 cm³/mol. The topological polar surface area (TPSA) is 29.9 Å². The van der Waals surface area contributed by atoms with Crippen molar-refractivity contribution in [2.24, 2.45) is 7.05 Å². The van der Waals surface area contributed by atoms with E-state index in [9.17, 15) is 0 Å². The summed E-state index contributed by atoms with van der Waals surface area (Å²) >= 11 is 5.26. The molecule has 0 aliphatic carbocycles. The Balaban J connectivity index is 2.41. The molecular formula is C10H12BrN3S. The summed E-state index contributed by atoms with van der Waals surface area (Å²) in [6, 6.07) is 2.23. The SMILES string of the molecule is CNC(c1cscc1Br)c1ccnn1C. The molecule has 2 heterocycles. The molecule has 5 heteroatoms. The van der Waals surface area contributed by atoms with Crippen molar-refractivity contribution in [3.05, 3.63) is 38.8 Å². The van der Waals surface area contributed by atoms with E-state index < -0.39 is 0 Å². The zero-order valence-electron chi connectivity index (χ0n) is 8.57. The Morgan fingerprint density at radius 1 is 1.53 bits per heavy atom. The largest absolute Gasteiger partial charge is 0.308 e. The Morgan fingerprint density at radius 2 is 2.33 bits per heavy atom. The van der Waals surface area contributed by atoms with E-state index >= 15 is 0 Å². The minimum atomic E-state index is 0.193. The normalized spacial score (nSPS) is 13.0. The number of nitrogens with one attached hydrogen (secondary N) is 1. The van der Waals surface area contributed by atoms with Crippen LogP contribution in [0.2, 0.25) is 0 Å². The number of aromatic nitrogens is 2. The van der Waals surface area contributed by atoms with Crippen molar-refractivity contribution in [1.82, 2.24) is 15.1 Å². The van der Waals surface area contributed by atoms with Crippen LogP contribution >= 0.6 is 27.3 Å². The summed E-state index contributed by atoms with van der Waals surface area (Å²) in [5.41, 5.74) is 2.42. The van der Waals surface area contributed by atoms with Crippen LogP contribution in [0.15, 0.2) is 27.5 Å². The predicted octanol–water partition coefficient (Wildman–Crippen LogP) is 2.55. The second-order valence-electron chi connectivity index (χ2n) is 3.28. The number of hydrogen-bond acceptors (Lipinski definition) is 3. The molecule has 2 rings (SSSR count). The van der Waals surface area contributed by atoms with Gasteiger partial charge in [0.15, 0.2) is 0 Å². The highest BCUT2D eigenvalue weighted by Crippen LogP contribution is 2.30. The highest BCUT2D eigenvalue weighted by Gasteiger charge is 2.18. The van der Waals surface area contributed by atoms with Gasteiger partial charge in [-0.2, -0.15) is 16.4 Å². The van der Waals surface area contributed by atoms with E-state index in [-0.39, 0.29) is 6.04 Å². The molecule has 2 aromatic heterocycles. The molecule has 0 fully saturated rings. The van der Waals surface area contributed by atoms with Gasteiger partial charge in [0.1, 0.15) is 0 Å². The van der Waals surface area contributed by atoms with Gasteiger partial charge in [-0.15, -0.1) is 0 Å². The maximum atomic E-state index is 4.19. The van der Waals surface area contributed by atoms with Crippen molar-refractivity contribution < 1.29 is 0 Å². The second-order valence-corrected chi connectivity index (χ2v) is 4.87. The molecule has 80 valence electrons. The van der Waals surface area contributed by atoms with Gasteiger partial charge in [0.05, 0.1) is 11.7 Å². The van der Waals surface area contributed by atoms with Crippen LogP contribution in [0.5, 0.6) is 0 Å². The van der Waals surface area contributed by atoms with E-state index in [2.05, 4.69) is 37.1 Å². The minimum absolute atomic E-state index is 0.193. The maximum absolute atomic E-state index is 4.19. The first-order valence-electron chi connectivity index (χ1n) is 4.60. The van der Waals surface area contributed by atoms with Crippen LogP contribution in [0.3, 0.4) is 0 Å². The van der Waals surface area contributed by atoms with E-state index in [1.165, 1.54) is 5.56 Å². The lowest BCUT2D eigenvalue weighted by molar-refractivity contribution is 0.606. The van der Waals surface area contributed by atoms with Gasteiger partial charge >= 0.3 is 0 Å². The third kappa shape index (κ3) is 2.00. The zero-order valence-corrected chi connectivity index (χ0v) is 11.0. The van der Waals surface area contributed by atoms with Crippen molar-refractivity contribution in [2.45, 2.75) is 6.04 Å². The van der Waals surface area contributed by atoms with Gasteiger partial charge in [0.2, 0.25) is 0 Å². The van der Waals surface area contributed by atoms with Crippen LogP contribution in [0.4, 0.5) is 0 Å². The Kier molecular flexibility index (Phi) is 3.23. The van der Waals surface area contributed by atoms with Crippen LogP contribution in [-0.4, -0.2) is 16.8 Å². The molecule has 0 aliphatic heterocycles. The van der Waals surface area contributed by atoms with E-state index in [1.807, 2.05) is 31.0 Å². The molecule has 1 atom stereocenters. The molecule has 0 saturated heterocycles. The number of aryl methyl sites for hydroxylation is 1. The van der Waals surface area contributed by atoms with Gasteiger partial charge in [-0.25, -0.2) is 0 Å². The third-order valence-electron chi connectivity index (χ3n) is 2.40. The zero-order chi connectivity index (χ0) is 10.8.